The van der Waals surface area contributed by atoms with Crippen LogP contribution in [0.5, 0.6) is 0 Å². The molecule has 3 aliphatic rings. The molecule has 0 bridgehead atoms. The van der Waals surface area contributed by atoms with Gasteiger partial charge in [-0.25, -0.2) is 13.2 Å². The lowest BCUT2D eigenvalue weighted by molar-refractivity contribution is -0.137. The first kappa shape index (κ1) is 22.8. The SMILES string of the molecule is O=C(NC1CCC2CN(S(=O)(=O)c3cccc(C(F)(F)F)c3)CC21)C1CCCN1C(=O)O. The summed E-state index contributed by atoms with van der Waals surface area (Å²) in [4.78, 5) is 24.7. The van der Waals surface area contributed by atoms with Gasteiger partial charge in [-0.3, -0.25) is 9.69 Å². The van der Waals surface area contributed by atoms with Crippen LogP contribution in [0.4, 0.5) is 18.0 Å². The lowest BCUT2D eigenvalue weighted by Crippen LogP contribution is -2.50. The molecular formula is C20H24F3N3O5S. The van der Waals surface area contributed by atoms with Gasteiger partial charge in [-0.15, -0.1) is 0 Å². The first-order chi connectivity index (χ1) is 15.0. The van der Waals surface area contributed by atoms with Crippen LogP contribution in [-0.4, -0.2) is 66.4 Å². The summed E-state index contributed by atoms with van der Waals surface area (Å²) in [6.45, 7) is 0.578. The van der Waals surface area contributed by atoms with E-state index in [1.165, 1.54) is 4.31 Å². The molecule has 2 N–H and O–H groups in total. The van der Waals surface area contributed by atoms with Gasteiger partial charge in [0.15, 0.2) is 0 Å². The number of amides is 2. The molecule has 0 aromatic heterocycles. The fourth-order valence-corrected chi connectivity index (χ4v) is 6.71. The van der Waals surface area contributed by atoms with Crippen molar-refractivity contribution in [1.29, 1.82) is 0 Å². The van der Waals surface area contributed by atoms with Gasteiger partial charge >= 0.3 is 12.3 Å². The van der Waals surface area contributed by atoms with E-state index < -0.39 is 38.8 Å². The summed E-state index contributed by atoms with van der Waals surface area (Å²) in [6, 6.07) is 2.64. The number of carbonyl (C=O) groups is 2. The molecule has 2 heterocycles. The molecule has 1 saturated carbocycles. The fraction of sp³-hybridized carbons (Fsp3) is 0.600. The summed E-state index contributed by atoms with van der Waals surface area (Å²) in [5.74, 6) is -0.561. The third kappa shape index (κ3) is 4.17. The van der Waals surface area contributed by atoms with Crippen LogP contribution < -0.4 is 5.32 Å². The Labute approximate surface area is 183 Å². The molecule has 1 aromatic carbocycles. The minimum Gasteiger partial charge on any atom is -0.465 e. The minimum atomic E-state index is -4.65. The molecule has 2 saturated heterocycles. The number of nitrogens with zero attached hydrogens (tertiary/aromatic N) is 2. The van der Waals surface area contributed by atoms with E-state index in [0.717, 1.165) is 23.1 Å². The Bertz CT molecular complexity index is 1020. The minimum absolute atomic E-state index is 0.0139. The monoisotopic (exact) mass is 475 g/mol. The number of alkyl halides is 3. The van der Waals surface area contributed by atoms with E-state index in [1.807, 2.05) is 0 Å². The van der Waals surface area contributed by atoms with Crippen molar-refractivity contribution in [2.75, 3.05) is 19.6 Å². The van der Waals surface area contributed by atoms with Crippen molar-refractivity contribution in [2.24, 2.45) is 11.8 Å². The van der Waals surface area contributed by atoms with E-state index in [4.69, 9.17) is 0 Å². The van der Waals surface area contributed by atoms with Crippen molar-refractivity contribution >= 4 is 22.0 Å². The Morgan fingerprint density at radius 1 is 1.12 bits per heavy atom. The Morgan fingerprint density at radius 2 is 1.88 bits per heavy atom. The number of carbonyl (C=O) groups excluding carboxylic acids is 1. The van der Waals surface area contributed by atoms with Gasteiger partial charge in [0, 0.05) is 25.7 Å². The molecule has 8 nitrogen and oxygen atoms in total. The summed E-state index contributed by atoms with van der Waals surface area (Å²) in [7, 11) is -4.12. The van der Waals surface area contributed by atoms with E-state index >= 15 is 0 Å². The molecule has 4 atom stereocenters. The molecule has 176 valence electrons. The van der Waals surface area contributed by atoms with Gasteiger partial charge in [0.1, 0.15) is 6.04 Å². The van der Waals surface area contributed by atoms with Gasteiger partial charge < -0.3 is 10.4 Å². The molecule has 0 radical (unpaired) electrons. The summed E-state index contributed by atoms with van der Waals surface area (Å²) in [5, 5.41) is 12.2. The van der Waals surface area contributed by atoms with Crippen molar-refractivity contribution in [2.45, 2.75) is 48.8 Å². The first-order valence-corrected chi connectivity index (χ1v) is 11.9. The molecule has 0 spiro atoms. The first-order valence-electron chi connectivity index (χ1n) is 10.5. The van der Waals surface area contributed by atoms with Crippen LogP contribution >= 0.6 is 0 Å². The molecule has 32 heavy (non-hydrogen) atoms. The van der Waals surface area contributed by atoms with Crippen LogP contribution in [0.25, 0.3) is 0 Å². The molecular weight excluding hydrogens is 451 g/mol. The van der Waals surface area contributed by atoms with E-state index in [1.54, 1.807) is 0 Å². The topological polar surface area (TPSA) is 107 Å². The number of fused-ring (bicyclic) bond motifs is 1. The molecule has 1 aromatic rings. The number of halogens is 3. The number of hydrogen-bond donors (Lipinski definition) is 2. The Balaban J connectivity index is 1.46. The van der Waals surface area contributed by atoms with Crippen molar-refractivity contribution in [3.63, 3.8) is 0 Å². The lowest BCUT2D eigenvalue weighted by atomic mass is 9.97. The second kappa shape index (κ2) is 8.22. The lowest BCUT2D eigenvalue weighted by Gasteiger charge is -2.26. The normalized spacial score (nSPS) is 28.7. The van der Waals surface area contributed by atoms with Gasteiger partial charge in [0.05, 0.1) is 10.5 Å². The summed E-state index contributed by atoms with van der Waals surface area (Å²) < 4.78 is 66.2. The average Bonchev–Trinajstić information content (AvgIpc) is 3.44. The Kier molecular flexibility index (Phi) is 5.86. The second-order valence-electron chi connectivity index (χ2n) is 8.60. The van der Waals surface area contributed by atoms with Gasteiger partial charge in [0.25, 0.3) is 0 Å². The quantitative estimate of drug-likeness (QED) is 0.695. The van der Waals surface area contributed by atoms with Gasteiger partial charge in [-0.05, 0) is 55.7 Å². The number of benzene rings is 1. The van der Waals surface area contributed by atoms with Crippen molar-refractivity contribution in [1.82, 2.24) is 14.5 Å². The van der Waals surface area contributed by atoms with Crippen LogP contribution in [0, 0.1) is 11.8 Å². The maximum absolute atomic E-state index is 13.0. The zero-order valence-electron chi connectivity index (χ0n) is 17.1. The predicted octanol–water partition coefficient (Wildman–Crippen LogP) is 2.36. The van der Waals surface area contributed by atoms with Crippen LogP contribution in [0.15, 0.2) is 29.2 Å². The van der Waals surface area contributed by atoms with Crippen LogP contribution in [0.3, 0.4) is 0 Å². The molecule has 4 unspecified atom stereocenters. The zero-order chi connectivity index (χ0) is 23.3. The highest BCUT2D eigenvalue weighted by Gasteiger charge is 2.48. The van der Waals surface area contributed by atoms with E-state index in [9.17, 15) is 36.3 Å². The number of sulfonamides is 1. The van der Waals surface area contributed by atoms with Crippen molar-refractivity contribution in [3.05, 3.63) is 29.8 Å². The van der Waals surface area contributed by atoms with Crippen LogP contribution in [-0.2, 0) is 21.0 Å². The van der Waals surface area contributed by atoms with Crippen LogP contribution in [0.1, 0.15) is 31.2 Å². The Hall–Kier alpha value is -2.34. The van der Waals surface area contributed by atoms with E-state index in [2.05, 4.69) is 5.32 Å². The van der Waals surface area contributed by atoms with Gasteiger partial charge in [-0.1, -0.05) is 6.07 Å². The summed E-state index contributed by atoms with van der Waals surface area (Å²) in [5.41, 5.74) is -1.03. The molecule has 12 heteroatoms. The van der Waals surface area contributed by atoms with Crippen molar-refractivity contribution < 1.29 is 36.3 Å². The maximum atomic E-state index is 13.0. The van der Waals surface area contributed by atoms with Crippen LogP contribution in [0.2, 0.25) is 0 Å². The van der Waals surface area contributed by atoms with Crippen molar-refractivity contribution in [3.8, 4) is 0 Å². The predicted molar refractivity (Wildman–Crippen MR) is 106 cm³/mol. The highest BCUT2D eigenvalue weighted by Crippen LogP contribution is 2.41. The highest BCUT2D eigenvalue weighted by atomic mass is 32.2. The number of hydrogen-bond acceptors (Lipinski definition) is 4. The second-order valence-corrected chi connectivity index (χ2v) is 10.5. The third-order valence-corrected chi connectivity index (χ3v) is 8.58. The highest BCUT2D eigenvalue weighted by molar-refractivity contribution is 7.89. The smallest absolute Gasteiger partial charge is 0.416 e. The zero-order valence-corrected chi connectivity index (χ0v) is 17.9. The molecule has 1 aliphatic carbocycles. The molecule has 2 amide bonds. The number of likely N-dealkylation sites (tertiary alicyclic amines) is 1. The Morgan fingerprint density at radius 3 is 2.56 bits per heavy atom. The standard InChI is InChI=1S/C20H24F3N3O5S/c21-20(22,23)13-3-1-4-14(9-13)32(30,31)25-10-12-6-7-16(15(12)11-25)24-18(27)17-5-2-8-26(17)19(28)29/h1,3-4,9,12,15-17H,2,5-8,10-11H2,(H,24,27)(H,28,29). The van der Waals surface area contributed by atoms with Gasteiger partial charge in [0.2, 0.25) is 15.9 Å². The number of nitrogens with one attached hydrogen (secondary N) is 1. The maximum Gasteiger partial charge on any atom is 0.416 e. The fourth-order valence-electron chi connectivity index (χ4n) is 5.13. The summed E-state index contributed by atoms with van der Waals surface area (Å²) in [6.07, 6.45) is -3.42. The van der Waals surface area contributed by atoms with E-state index in [0.29, 0.717) is 38.3 Å². The van der Waals surface area contributed by atoms with E-state index in [-0.39, 0.29) is 36.9 Å². The van der Waals surface area contributed by atoms with Gasteiger partial charge in [-0.2, -0.15) is 17.5 Å². The average molecular weight is 475 g/mol. The third-order valence-electron chi connectivity index (χ3n) is 6.75. The summed E-state index contributed by atoms with van der Waals surface area (Å²) >= 11 is 0. The largest absolute Gasteiger partial charge is 0.465 e. The molecule has 4 rings (SSSR count). The molecule has 2 aliphatic heterocycles. The number of carboxylic acid groups (broad SMARTS) is 1. The molecule has 3 fully saturated rings. The number of rotatable bonds is 4.